The fraction of sp³-hybridized carbons (Fsp3) is 0.923. The number of ether oxygens (including phenoxy) is 1. The first-order chi connectivity index (χ1) is 7.86. The molecule has 4 nitrogen and oxygen atoms in total. The van der Waals surface area contributed by atoms with E-state index in [9.17, 15) is 4.79 Å². The van der Waals surface area contributed by atoms with Crippen molar-refractivity contribution in [2.24, 2.45) is 11.7 Å². The fourth-order valence-corrected chi connectivity index (χ4v) is 1.50. The fourth-order valence-electron chi connectivity index (χ4n) is 1.50. The number of rotatable bonds is 10. The SMILES string of the molecule is CC(C)CCCOCCCCC(C)(N)C(=O)O. The van der Waals surface area contributed by atoms with Crippen LogP contribution in [-0.4, -0.2) is 29.8 Å². The van der Waals surface area contributed by atoms with Crippen molar-refractivity contribution in [3.8, 4) is 0 Å². The molecule has 1 unspecified atom stereocenters. The molecule has 0 saturated carbocycles. The van der Waals surface area contributed by atoms with Crippen LogP contribution < -0.4 is 5.73 Å². The molecular formula is C13H27NO3. The van der Waals surface area contributed by atoms with Crippen LogP contribution in [0, 0.1) is 5.92 Å². The van der Waals surface area contributed by atoms with Crippen LogP contribution >= 0.6 is 0 Å². The molecule has 0 aliphatic carbocycles. The molecule has 0 aliphatic rings. The molecule has 17 heavy (non-hydrogen) atoms. The Morgan fingerprint density at radius 3 is 2.41 bits per heavy atom. The maximum absolute atomic E-state index is 10.7. The van der Waals surface area contributed by atoms with Crippen molar-refractivity contribution in [3.05, 3.63) is 0 Å². The number of aliphatic carboxylic acids is 1. The Balaban J connectivity index is 3.33. The van der Waals surface area contributed by atoms with Crippen LogP contribution in [0.4, 0.5) is 0 Å². The Labute approximate surface area is 105 Å². The normalized spacial score (nSPS) is 14.9. The number of carboxylic acid groups (broad SMARTS) is 1. The second kappa shape index (κ2) is 8.48. The van der Waals surface area contributed by atoms with E-state index >= 15 is 0 Å². The van der Waals surface area contributed by atoms with Crippen molar-refractivity contribution >= 4 is 5.97 Å². The monoisotopic (exact) mass is 245 g/mol. The Morgan fingerprint density at radius 2 is 1.88 bits per heavy atom. The largest absolute Gasteiger partial charge is 0.480 e. The molecule has 0 aromatic heterocycles. The summed E-state index contributed by atoms with van der Waals surface area (Å²) in [6, 6.07) is 0. The second-order valence-electron chi connectivity index (χ2n) is 5.33. The summed E-state index contributed by atoms with van der Waals surface area (Å²) >= 11 is 0. The molecule has 0 heterocycles. The van der Waals surface area contributed by atoms with E-state index in [-0.39, 0.29) is 0 Å². The lowest BCUT2D eigenvalue weighted by atomic mass is 9.97. The highest BCUT2D eigenvalue weighted by Crippen LogP contribution is 2.11. The van der Waals surface area contributed by atoms with Gasteiger partial charge in [-0.3, -0.25) is 4.79 Å². The standard InChI is InChI=1S/C13H27NO3/c1-11(2)7-6-10-17-9-5-4-8-13(3,14)12(15)16/h11H,4-10,14H2,1-3H3,(H,15,16). The lowest BCUT2D eigenvalue weighted by molar-refractivity contribution is -0.142. The third kappa shape index (κ3) is 9.12. The second-order valence-corrected chi connectivity index (χ2v) is 5.33. The van der Waals surface area contributed by atoms with Crippen LogP contribution in [0.1, 0.15) is 52.9 Å². The number of hydrogen-bond acceptors (Lipinski definition) is 3. The van der Waals surface area contributed by atoms with E-state index in [1.54, 1.807) is 6.92 Å². The molecule has 0 aromatic rings. The van der Waals surface area contributed by atoms with E-state index in [2.05, 4.69) is 13.8 Å². The molecule has 3 N–H and O–H groups in total. The Hall–Kier alpha value is -0.610. The van der Waals surface area contributed by atoms with Crippen molar-refractivity contribution in [2.45, 2.75) is 58.4 Å². The van der Waals surface area contributed by atoms with Crippen molar-refractivity contribution in [1.29, 1.82) is 0 Å². The first-order valence-electron chi connectivity index (χ1n) is 6.46. The molecule has 0 amide bonds. The molecule has 0 rings (SSSR count). The van der Waals surface area contributed by atoms with Crippen molar-refractivity contribution < 1.29 is 14.6 Å². The maximum Gasteiger partial charge on any atom is 0.323 e. The van der Waals surface area contributed by atoms with Crippen molar-refractivity contribution in [1.82, 2.24) is 0 Å². The third-order valence-corrected chi connectivity index (χ3v) is 2.79. The van der Waals surface area contributed by atoms with Crippen LogP contribution in [0.5, 0.6) is 0 Å². The molecule has 0 spiro atoms. The van der Waals surface area contributed by atoms with Gasteiger partial charge in [0.2, 0.25) is 0 Å². The molecule has 0 aromatic carbocycles. The van der Waals surface area contributed by atoms with Crippen molar-refractivity contribution in [3.63, 3.8) is 0 Å². The quantitative estimate of drug-likeness (QED) is 0.580. The van der Waals surface area contributed by atoms with Gasteiger partial charge in [0, 0.05) is 13.2 Å². The molecule has 0 radical (unpaired) electrons. The summed E-state index contributed by atoms with van der Waals surface area (Å²) in [5.74, 6) is -0.206. The van der Waals surface area contributed by atoms with Gasteiger partial charge in [0.1, 0.15) is 5.54 Å². The highest BCUT2D eigenvalue weighted by molar-refractivity contribution is 5.77. The van der Waals surface area contributed by atoms with E-state index < -0.39 is 11.5 Å². The van der Waals surface area contributed by atoms with Gasteiger partial charge in [0.05, 0.1) is 0 Å². The zero-order valence-electron chi connectivity index (χ0n) is 11.4. The Kier molecular flexibility index (Phi) is 8.17. The summed E-state index contributed by atoms with van der Waals surface area (Å²) < 4.78 is 5.47. The van der Waals surface area contributed by atoms with E-state index in [0.29, 0.717) is 13.0 Å². The maximum atomic E-state index is 10.7. The van der Waals surface area contributed by atoms with Gasteiger partial charge in [0.15, 0.2) is 0 Å². The molecule has 1 atom stereocenters. The van der Waals surface area contributed by atoms with Crippen LogP contribution in [0.3, 0.4) is 0 Å². The van der Waals surface area contributed by atoms with Crippen LogP contribution in [0.25, 0.3) is 0 Å². The van der Waals surface area contributed by atoms with Crippen LogP contribution in [-0.2, 0) is 9.53 Å². The third-order valence-electron chi connectivity index (χ3n) is 2.79. The Morgan fingerprint density at radius 1 is 1.29 bits per heavy atom. The number of hydrogen-bond donors (Lipinski definition) is 2. The minimum absolute atomic E-state index is 0.498. The first-order valence-corrected chi connectivity index (χ1v) is 6.46. The molecule has 4 heteroatoms. The number of nitrogens with two attached hydrogens (primary N) is 1. The van der Waals surface area contributed by atoms with Gasteiger partial charge in [-0.05, 0) is 44.9 Å². The van der Waals surface area contributed by atoms with Gasteiger partial charge in [-0.1, -0.05) is 13.8 Å². The molecule has 102 valence electrons. The zero-order chi connectivity index (χ0) is 13.3. The molecule has 0 saturated heterocycles. The van der Waals surface area contributed by atoms with E-state index in [4.69, 9.17) is 15.6 Å². The smallest absolute Gasteiger partial charge is 0.323 e. The van der Waals surface area contributed by atoms with Gasteiger partial charge in [-0.2, -0.15) is 0 Å². The van der Waals surface area contributed by atoms with E-state index in [1.807, 2.05) is 0 Å². The number of carboxylic acids is 1. The molecule has 0 aliphatic heterocycles. The van der Waals surface area contributed by atoms with Gasteiger partial charge < -0.3 is 15.6 Å². The summed E-state index contributed by atoms with van der Waals surface area (Å²) in [5, 5.41) is 8.81. The number of unbranched alkanes of at least 4 members (excludes halogenated alkanes) is 1. The minimum Gasteiger partial charge on any atom is -0.480 e. The minimum atomic E-state index is -1.10. The van der Waals surface area contributed by atoms with E-state index in [1.165, 1.54) is 6.42 Å². The van der Waals surface area contributed by atoms with Gasteiger partial charge >= 0.3 is 5.97 Å². The summed E-state index contributed by atoms with van der Waals surface area (Å²) in [5.41, 5.74) is 4.52. The molecular weight excluding hydrogens is 218 g/mol. The van der Waals surface area contributed by atoms with Crippen LogP contribution in [0.2, 0.25) is 0 Å². The lowest BCUT2D eigenvalue weighted by Crippen LogP contribution is -2.44. The van der Waals surface area contributed by atoms with Gasteiger partial charge in [-0.15, -0.1) is 0 Å². The highest BCUT2D eigenvalue weighted by atomic mass is 16.5. The van der Waals surface area contributed by atoms with Crippen molar-refractivity contribution in [2.75, 3.05) is 13.2 Å². The first kappa shape index (κ1) is 16.4. The van der Waals surface area contributed by atoms with E-state index in [0.717, 1.165) is 31.8 Å². The lowest BCUT2D eigenvalue weighted by Gasteiger charge is -2.18. The van der Waals surface area contributed by atoms with Gasteiger partial charge in [-0.25, -0.2) is 0 Å². The van der Waals surface area contributed by atoms with Crippen LogP contribution in [0.15, 0.2) is 0 Å². The topological polar surface area (TPSA) is 72.5 Å². The predicted molar refractivity (Wildman–Crippen MR) is 69.0 cm³/mol. The Bertz CT molecular complexity index is 215. The highest BCUT2D eigenvalue weighted by Gasteiger charge is 2.26. The predicted octanol–water partition coefficient (Wildman–Crippen LogP) is 2.41. The zero-order valence-corrected chi connectivity index (χ0v) is 11.4. The molecule has 0 bridgehead atoms. The average Bonchev–Trinajstić information content (AvgIpc) is 2.21. The number of carbonyl (C=O) groups is 1. The average molecular weight is 245 g/mol. The summed E-state index contributed by atoms with van der Waals surface area (Å²) in [6.45, 7) is 7.46. The summed E-state index contributed by atoms with van der Waals surface area (Å²) in [7, 11) is 0. The van der Waals surface area contributed by atoms with Gasteiger partial charge in [0.25, 0.3) is 0 Å². The summed E-state index contributed by atoms with van der Waals surface area (Å²) in [6.07, 6.45) is 4.46. The molecule has 0 fully saturated rings. The summed E-state index contributed by atoms with van der Waals surface area (Å²) in [4.78, 5) is 10.7.